The zero-order chi connectivity index (χ0) is 11.5. The second-order valence-corrected chi connectivity index (χ2v) is 4.59. The maximum atomic E-state index is 11.6. The van der Waals surface area contributed by atoms with Gasteiger partial charge in [0.25, 0.3) is 0 Å². The standard InChI is InChI=1S/C11H13BrN2O2/c12-8-1-3-9(4-2-8)14-7-10(5-6-13)16-11(14)15/h1-4,10H,5-7,13H2. The molecule has 1 aromatic rings. The van der Waals surface area contributed by atoms with Crippen molar-refractivity contribution in [3.63, 3.8) is 0 Å². The van der Waals surface area contributed by atoms with Gasteiger partial charge in [0.1, 0.15) is 6.10 Å². The molecular weight excluding hydrogens is 272 g/mol. The van der Waals surface area contributed by atoms with Gasteiger partial charge in [0, 0.05) is 10.2 Å². The van der Waals surface area contributed by atoms with Gasteiger partial charge in [-0.3, -0.25) is 4.90 Å². The summed E-state index contributed by atoms with van der Waals surface area (Å²) in [5, 5.41) is 0. The molecule has 86 valence electrons. The second kappa shape index (κ2) is 4.84. The summed E-state index contributed by atoms with van der Waals surface area (Å²) in [6.07, 6.45) is 0.334. The first-order chi connectivity index (χ1) is 7.70. The summed E-state index contributed by atoms with van der Waals surface area (Å²) in [6, 6.07) is 7.57. The second-order valence-electron chi connectivity index (χ2n) is 3.67. The lowest BCUT2D eigenvalue weighted by molar-refractivity contribution is 0.138. The maximum Gasteiger partial charge on any atom is 0.414 e. The zero-order valence-corrected chi connectivity index (χ0v) is 10.3. The van der Waals surface area contributed by atoms with Gasteiger partial charge in [-0.05, 0) is 37.2 Å². The topological polar surface area (TPSA) is 55.6 Å². The van der Waals surface area contributed by atoms with E-state index < -0.39 is 0 Å². The number of amides is 1. The third kappa shape index (κ3) is 2.36. The van der Waals surface area contributed by atoms with Crippen molar-refractivity contribution in [1.82, 2.24) is 0 Å². The summed E-state index contributed by atoms with van der Waals surface area (Å²) in [5.41, 5.74) is 6.30. The Hall–Kier alpha value is -1.07. The number of halogens is 1. The first-order valence-electron chi connectivity index (χ1n) is 5.14. The van der Waals surface area contributed by atoms with Crippen molar-refractivity contribution >= 4 is 27.7 Å². The number of ether oxygens (including phenoxy) is 1. The Morgan fingerprint density at radius 3 is 2.75 bits per heavy atom. The van der Waals surface area contributed by atoms with E-state index >= 15 is 0 Å². The van der Waals surface area contributed by atoms with Crippen molar-refractivity contribution in [3.05, 3.63) is 28.7 Å². The van der Waals surface area contributed by atoms with Gasteiger partial charge in [0.2, 0.25) is 0 Å². The number of hydrogen-bond acceptors (Lipinski definition) is 3. The number of nitrogens with two attached hydrogens (primary N) is 1. The van der Waals surface area contributed by atoms with Crippen molar-refractivity contribution in [2.24, 2.45) is 5.73 Å². The molecule has 1 aliphatic rings. The van der Waals surface area contributed by atoms with Crippen LogP contribution in [0.4, 0.5) is 10.5 Å². The van der Waals surface area contributed by atoms with Gasteiger partial charge < -0.3 is 10.5 Å². The van der Waals surface area contributed by atoms with Crippen molar-refractivity contribution in [2.45, 2.75) is 12.5 Å². The van der Waals surface area contributed by atoms with E-state index in [9.17, 15) is 4.79 Å². The lowest BCUT2D eigenvalue weighted by Gasteiger charge is -2.12. The number of benzene rings is 1. The Balaban J connectivity index is 2.10. The highest BCUT2D eigenvalue weighted by molar-refractivity contribution is 9.10. The van der Waals surface area contributed by atoms with E-state index in [0.29, 0.717) is 19.5 Å². The number of carbonyl (C=O) groups is 1. The van der Waals surface area contributed by atoms with E-state index in [2.05, 4.69) is 15.9 Å². The molecule has 1 aromatic carbocycles. The molecule has 16 heavy (non-hydrogen) atoms. The average molecular weight is 285 g/mol. The first-order valence-corrected chi connectivity index (χ1v) is 5.94. The normalized spacial score (nSPS) is 20.0. The monoisotopic (exact) mass is 284 g/mol. The maximum absolute atomic E-state index is 11.6. The quantitative estimate of drug-likeness (QED) is 0.925. The highest BCUT2D eigenvalue weighted by atomic mass is 79.9. The first kappa shape index (κ1) is 11.4. The van der Waals surface area contributed by atoms with Crippen LogP contribution in [0.3, 0.4) is 0 Å². The number of hydrogen-bond donors (Lipinski definition) is 1. The lowest BCUT2D eigenvalue weighted by Crippen LogP contribution is -2.25. The van der Waals surface area contributed by atoms with Crippen LogP contribution in [0.15, 0.2) is 28.7 Å². The van der Waals surface area contributed by atoms with Gasteiger partial charge in [0.05, 0.1) is 6.54 Å². The smallest absolute Gasteiger partial charge is 0.414 e. The van der Waals surface area contributed by atoms with E-state index in [4.69, 9.17) is 10.5 Å². The molecule has 2 rings (SSSR count). The minimum absolute atomic E-state index is 0.0823. The molecule has 1 saturated heterocycles. The van der Waals surface area contributed by atoms with Crippen LogP contribution in [0.1, 0.15) is 6.42 Å². The molecule has 0 saturated carbocycles. The van der Waals surface area contributed by atoms with Crippen molar-refractivity contribution < 1.29 is 9.53 Å². The zero-order valence-electron chi connectivity index (χ0n) is 8.73. The van der Waals surface area contributed by atoms with Crippen molar-refractivity contribution in [2.75, 3.05) is 18.0 Å². The van der Waals surface area contributed by atoms with Crippen LogP contribution in [-0.4, -0.2) is 25.3 Å². The highest BCUT2D eigenvalue weighted by Crippen LogP contribution is 2.24. The van der Waals surface area contributed by atoms with Crippen LogP contribution in [0.2, 0.25) is 0 Å². The summed E-state index contributed by atoms with van der Waals surface area (Å²) < 4.78 is 6.18. The summed E-state index contributed by atoms with van der Waals surface area (Å²) in [4.78, 5) is 13.2. The van der Waals surface area contributed by atoms with E-state index in [-0.39, 0.29) is 12.2 Å². The number of anilines is 1. The molecule has 1 amide bonds. The molecule has 1 unspecified atom stereocenters. The number of rotatable bonds is 3. The Bertz CT molecular complexity index is 380. The fourth-order valence-electron chi connectivity index (χ4n) is 1.69. The summed E-state index contributed by atoms with van der Waals surface area (Å²) in [5.74, 6) is 0. The van der Waals surface area contributed by atoms with E-state index in [1.54, 1.807) is 4.90 Å². The van der Waals surface area contributed by atoms with Crippen molar-refractivity contribution in [1.29, 1.82) is 0 Å². The van der Waals surface area contributed by atoms with Gasteiger partial charge in [-0.2, -0.15) is 0 Å². The van der Waals surface area contributed by atoms with Crippen LogP contribution in [0.25, 0.3) is 0 Å². The summed E-state index contributed by atoms with van der Waals surface area (Å²) >= 11 is 3.35. The SMILES string of the molecule is NCCC1CN(c2ccc(Br)cc2)C(=O)O1. The molecule has 1 atom stereocenters. The molecule has 4 nitrogen and oxygen atoms in total. The van der Waals surface area contributed by atoms with Crippen LogP contribution in [0.5, 0.6) is 0 Å². The number of nitrogens with zero attached hydrogens (tertiary/aromatic N) is 1. The van der Waals surface area contributed by atoms with Gasteiger partial charge in [-0.15, -0.1) is 0 Å². The van der Waals surface area contributed by atoms with Crippen LogP contribution in [0, 0.1) is 0 Å². The largest absolute Gasteiger partial charge is 0.444 e. The average Bonchev–Trinajstić information content (AvgIpc) is 2.61. The Labute approximate surface area is 102 Å². The Morgan fingerprint density at radius 1 is 1.44 bits per heavy atom. The molecule has 0 bridgehead atoms. The molecular formula is C11H13BrN2O2. The fraction of sp³-hybridized carbons (Fsp3) is 0.364. The van der Waals surface area contributed by atoms with Crippen LogP contribution < -0.4 is 10.6 Å². The Kier molecular flexibility index (Phi) is 3.46. The summed E-state index contributed by atoms with van der Waals surface area (Å²) in [6.45, 7) is 1.11. The molecule has 0 aromatic heterocycles. The molecule has 0 aliphatic carbocycles. The lowest BCUT2D eigenvalue weighted by atomic mass is 10.2. The molecule has 1 heterocycles. The van der Waals surface area contributed by atoms with E-state index in [1.165, 1.54) is 0 Å². The third-order valence-corrected chi connectivity index (χ3v) is 3.03. The third-order valence-electron chi connectivity index (χ3n) is 2.50. The predicted molar refractivity (Wildman–Crippen MR) is 65.4 cm³/mol. The molecule has 1 aliphatic heterocycles. The van der Waals surface area contributed by atoms with E-state index in [1.807, 2.05) is 24.3 Å². The van der Waals surface area contributed by atoms with Gasteiger partial charge in [-0.25, -0.2) is 4.79 Å². The van der Waals surface area contributed by atoms with Gasteiger partial charge >= 0.3 is 6.09 Å². The minimum Gasteiger partial charge on any atom is -0.444 e. The predicted octanol–water partition coefficient (Wildman–Crippen LogP) is 2.12. The molecule has 0 radical (unpaired) electrons. The molecule has 2 N–H and O–H groups in total. The van der Waals surface area contributed by atoms with Crippen LogP contribution >= 0.6 is 15.9 Å². The van der Waals surface area contributed by atoms with Crippen LogP contribution in [-0.2, 0) is 4.74 Å². The number of carbonyl (C=O) groups excluding carboxylic acids is 1. The molecule has 1 fully saturated rings. The van der Waals surface area contributed by atoms with E-state index in [0.717, 1.165) is 10.2 Å². The molecule has 0 spiro atoms. The minimum atomic E-state index is -0.291. The number of cyclic esters (lactones) is 1. The fourth-order valence-corrected chi connectivity index (χ4v) is 1.95. The molecule has 5 heteroatoms. The Morgan fingerprint density at radius 2 is 2.12 bits per heavy atom. The highest BCUT2D eigenvalue weighted by Gasteiger charge is 2.31. The summed E-state index contributed by atoms with van der Waals surface area (Å²) in [7, 11) is 0. The van der Waals surface area contributed by atoms with Gasteiger partial charge in [0.15, 0.2) is 0 Å². The van der Waals surface area contributed by atoms with Crippen molar-refractivity contribution in [3.8, 4) is 0 Å². The van der Waals surface area contributed by atoms with Gasteiger partial charge in [-0.1, -0.05) is 15.9 Å².